The van der Waals surface area contributed by atoms with E-state index in [1.165, 1.54) is 6.07 Å². The highest BCUT2D eigenvalue weighted by Gasteiger charge is 2.10. The zero-order valence-corrected chi connectivity index (χ0v) is 9.07. The van der Waals surface area contributed by atoms with Gasteiger partial charge in [-0.2, -0.15) is 0 Å². The maximum Gasteiger partial charge on any atom is 0.252 e. The zero-order valence-electron chi connectivity index (χ0n) is 9.07. The van der Waals surface area contributed by atoms with Gasteiger partial charge in [-0.05, 0) is 24.6 Å². The van der Waals surface area contributed by atoms with Crippen LogP contribution >= 0.6 is 0 Å². The number of amides is 1. The topological polar surface area (TPSA) is 101 Å². The van der Waals surface area contributed by atoms with E-state index in [0.717, 1.165) is 6.54 Å². The summed E-state index contributed by atoms with van der Waals surface area (Å²) < 4.78 is 0. The fraction of sp³-hybridized carbons (Fsp3) is 0.364. The van der Waals surface area contributed by atoms with E-state index in [1.807, 2.05) is 0 Å². The summed E-state index contributed by atoms with van der Waals surface area (Å²) >= 11 is 0. The molecule has 0 aliphatic rings. The number of para-hydroxylation sites is 1. The van der Waals surface area contributed by atoms with Gasteiger partial charge in [0.05, 0.1) is 5.56 Å². The lowest BCUT2D eigenvalue weighted by molar-refractivity contribution is 0.0997. The molecular formula is C11H17N3O2. The van der Waals surface area contributed by atoms with Crippen molar-refractivity contribution in [2.24, 2.45) is 11.5 Å². The van der Waals surface area contributed by atoms with Gasteiger partial charge >= 0.3 is 0 Å². The molecule has 5 nitrogen and oxygen atoms in total. The highest BCUT2D eigenvalue weighted by atomic mass is 16.3. The van der Waals surface area contributed by atoms with Crippen molar-refractivity contribution in [2.75, 3.05) is 19.6 Å². The summed E-state index contributed by atoms with van der Waals surface area (Å²) in [6, 6.07) is 4.98. The van der Waals surface area contributed by atoms with Crippen LogP contribution in [0, 0.1) is 0 Å². The molecule has 88 valence electrons. The molecule has 0 saturated heterocycles. The molecule has 0 radical (unpaired) electrons. The van der Waals surface area contributed by atoms with Crippen LogP contribution in [0.5, 0.6) is 5.75 Å². The second kappa shape index (κ2) is 6.09. The molecule has 0 spiro atoms. The molecule has 0 aliphatic carbocycles. The predicted molar refractivity (Wildman–Crippen MR) is 62.3 cm³/mol. The van der Waals surface area contributed by atoms with Crippen LogP contribution in [-0.4, -0.2) is 30.6 Å². The molecule has 5 heteroatoms. The van der Waals surface area contributed by atoms with E-state index < -0.39 is 5.91 Å². The fourth-order valence-corrected chi connectivity index (χ4v) is 1.44. The SMILES string of the molecule is NCCNCCc1cccc(C(N)=O)c1O. The maximum atomic E-state index is 11.0. The van der Waals surface area contributed by atoms with Gasteiger partial charge in [0.2, 0.25) is 0 Å². The average Bonchev–Trinajstić information content (AvgIpc) is 2.26. The lowest BCUT2D eigenvalue weighted by atomic mass is 10.1. The molecule has 0 heterocycles. The molecule has 16 heavy (non-hydrogen) atoms. The van der Waals surface area contributed by atoms with E-state index in [-0.39, 0.29) is 11.3 Å². The van der Waals surface area contributed by atoms with E-state index >= 15 is 0 Å². The number of carbonyl (C=O) groups is 1. The van der Waals surface area contributed by atoms with Crippen LogP contribution in [0.15, 0.2) is 18.2 Å². The summed E-state index contributed by atoms with van der Waals surface area (Å²) in [6.07, 6.45) is 0.632. The van der Waals surface area contributed by atoms with E-state index in [4.69, 9.17) is 11.5 Å². The third-order valence-corrected chi connectivity index (χ3v) is 2.28. The molecule has 1 aromatic rings. The first-order valence-electron chi connectivity index (χ1n) is 5.18. The second-order valence-corrected chi connectivity index (χ2v) is 3.47. The fourth-order valence-electron chi connectivity index (χ4n) is 1.44. The third-order valence-electron chi connectivity index (χ3n) is 2.28. The standard InChI is InChI=1S/C11H17N3O2/c12-5-7-14-6-4-8-2-1-3-9(10(8)15)11(13)16/h1-3,14-15H,4-7,12H2,(H2,13,16). The maximum absolute atomic E-state index is 11.0. The molecular weight excluding hydrogens is 206 g/mol. The van der Waals surface area contributed by atoms with Crippen LogP contribution in [-0.2, 0) is 6.42 Å². The molecule has 1 amide bonds. The number of hydrogen-bond donors (Lipinski definition) is 4. The van der Waals surface area contributed by atoms with Gasteiger partial charge in [0, 0.05) is 13.1 Å². The van der Waals surface area contributed by atoms with Gasteiger partial charge in [0.1, 0.15) is 5.75 Å². The number of nitrogens with two attached hydrogens (primary N) is 2. The first kappa shape index (κ1) is 12.5. The Labute approximate surface area is 94.4 Å². The lowest BCUT2D eigenvalue weighted by Crippen LogP contribution is -2.24. The molecule has 0 atom stereocenters. The number of aromatic hydroxyl groups is 1. The Balaban J connectivity index is 2.66. The van der Waals surface area contributed by atoms with Gasteiger partial charge in [-0.25, -0.2) is 0 Å². The van der Waals surface area contributed by atoms with Gasteiger partial charge in [-0.1, -0.05) is 12.1 Å². The highest BCUT2D eigenvalue weighted by Crippen LogP contribution is 2.22. The van der Waals surface area contributed by atoms with Crippen LogP contribution < -0.4 is 16.8 Å². The monoisotopic (exact) mass is 223 g/mol. The van der Waals surface area contributed by atoms with Crippen LogP contribution in [0.2, 0.25) is 0 Å². The normalized spacial score (nSPS) is 10.3. The first-order chi connectivity index (χ1) is 7.66. The van der Waals surface area contributed by atoms with Gasteiger partial charge in [-0.3, -0.25) is 4.79 Å². The minimum atomic E-state index is -0.616. The van der Waals surface area contributed by atoms with Crippen molar-refractivity contribution < 1.29 is 9.90 Å². The van der Waals surface area contributed by atoms with Gasteiger partial charge < -0.3 is 21.9 Å². The van der Waals surface area contributed by atoms with E-state index in [1.54, 1.807) is 12.1 Å². The van der Waals surface area contributed by atoms with Crippen molar-refractivity contribution in [3.8, 4) is 5.75 Å². The molecule has 0 bridgehead atoms. The average molecular weight is 223 g/mol. The van der Waals surface area contributed by atoms with Crippen molar-refractivity contribution in [3.05, 3.63) is 29.3 Å². The number of rotatable bonds is 6. The number of carbonyl (C=O) groups excluding carboxylic acids is 1. The number of nitrogens with one attached hydrogen (secondary N) is 1. The number of phenols is 1. The van der Waals surface area contributed by atoms with E-state index in [9.17, 15) is 9.90 Å². The summed E-state index contributed by atoms with van der Waals surface area (Å²) in [5.41, 5.74) is 11.3. The van der Waals surface area contributed by atoms with E-state index in [0.29, 0.717) is 25.1 Å². The van der Waals surface area contributed by atoms with Crippen molar-refractivity contribution in [3.63, 3.8) is 0 Å². The molecule has 0 unspecified atom stereocenters. The second-order valence-electron chi connectivity index (χ2n) is 3.47. The summed E-state index contributed by atoms with van der Waals surface area (Å²) in [4.78, 5) is 11.0. The first-order valence-corrected chi connectivity index (χ1v) is 5.18. The highest BCUT2D eigenvalue weighted by molar-refractivity contribution is 5.95. The van der Waals surface area contributed by atoms with Gasteiger partial charge in [0.25, 0.3) is 5.91 Å². The van der Waals surface area contributed by atoms with Crippen LogP contribution in [0.25, 0.3) is 0 Å². The molecule has 0 aliphatic heterocycles. The zero-order chi connectivity index (χ0) is 12.0. The smallest absolute Gasteiger partial charge is 0.252 e. The Bertz CT molecular complexity index is 366. The largest absolute Gasteiger partial charge is 0.507 e. The van der Waals surface area contributed by atoms with Crippen LogP contribution in [0.3, 0.4) is 0 Å². The summed E-state index contributed by atoms with van der Waals surface area (Å²) in [5.74, 6) is -0.640. The molecule has 0 saturated carbocycles. The van der Waals surface area contributed by atoms with Gasteiger partial charge in [0.15, 0.2) is 0 Å². The Hall–Kier alpha value is -1.59. The summed E-state index contributed by atoms with van der Waals surface area (Å²) in [5, 5.41) is 12.9. The Morgan fingerprint density at radius 1 is 1.38 bits per heavy atom. The number of hydrogen-bond acceptors (Lipinski definition) is 4. The van der Waals surface area contributed by atoms with E-state index in [2.05, 4.69) is 5.32 Å². The van der Waals surface area contributed by atoms with Crippen LogP contribution in [0.1, 0.15) is 15.9 Å². The minimum absolute atomic E-state index is 0.0236. The summed E-state index contributed by atoms with van der Waals surface area (Å²) in [6.45, 7) is 2.01. The molecule has 1 aromatic carbocycles. The lowest BCUT2D eigenvalue weighted by Gasteiger charge is -2.08. The van der Waals surface area contributed by atoms with Crippen molar-refractivity contribution >= 4 is 5.91 Å². The van der Waals surface area contributed by atoms with Gasteiger partial charge in [-0.15, -0.1) is 0 Å². The Morgan fingerprint density at radius 2 is 2.12 bits per heavy atom. The Kier molecular flexibility index (Phi) is 4.75. The molecule has 1 rings (SSSR count). The summed E-state index contributed by atoms with van der Waals surface area (Å²) in [7, 11) is 0. The number of primary amides is 1. The number of benzene rings is 1. The minimum Gasteiger partial charge on any atom is -0.507 e. The van der Waals surface area contributed by atoms with Crippen LogP contribution in [0.4, 0.5) is 0 Å². The Morgan fingerprint density at radius 3 is 2.75 bits per heavy atom. The molecule has 0 aromatic heterocycles. The van der Waals surface area contributed by atoms with Crippen molar-refractivity contribution in [2.45, 2.75) is 6.42 Å². The predicted octanol–water partition coefficient (Wildman–Crippen LogP) is -0.418. The quantitative estimate of drug-likeness (QED) is 0.492. The van der Waals surface area contributed by atoms with Crippen molar-refractivity contribution in [1.82, 2.24) is 5.32 Å². The van der Waals surface area contributed by atoms with Crippen molar-refractivity contribution in [1.29, 1.82) is 0 Å². The molecule has 6 N–H and O–H groups in total. The third kappa shape index (κ3) is 3.22. The molecule has 0 fully saturated rings.